The number of carboxylic acid groups (broad SMARTS) is 1. The fourth-order valence-electron chi connectivity index (χ4n) is 2.20. The number of benzene rings is 1. The molecule has 2 rings (SSSR count). The van der Waals surface area contributed by atoms with Crippen molar-refractivity contribution in [1.29, 1.82) is 0 Å². The van der Waals surface area contributed by atoms with Crippen LogP contribution in [0, 0.1) is 0 Å². The van der Waals surface area contributed by atoms with Crippen LogP contribution < -0.4 is 0 Å². The van der Waals surface area contributed by atoms with Crippen LogP contribution in [-0.2, 0) is 12.0 Å². The van der Waals surface area contributed by atoms with Gasteiger partial charge in [-0.05, 0) is 17.7 Å². The van der Waals surface area contributed by atoms with Gasteiger partial charge in [0.2, 0.25) is 0 Å². The van der Waals surface area contributed by atoms with E-state index in [9.17, 15) is 9.59 Å². The van der Waals surface area contributed by atoms with Crippen LogP contribution in [-0.4, -0.2) is 33.9 Å². The van der Waals surface area contributed by atoms with Crippen molar-refractivity contribution in [2.24, 2.45) is 0 Å². The molecule has 1 aromatic carbocycles. The molecule has 1 N–H and O–H groups in total. The molecule has 5 nitrogen and oxygen atoms in total. The molecule has 122 valence electrons. The molecule has 6 heteroatoms. The van der Waals surface area contributed by atoms with Crippen molar-refractivity contribution in [3.05, 3.63) is 51.5 Å². The Morgan fingerprint density at radius 2 is 1.83 bits per heavy atom. The summed E-state index contributed by atoms with van der Waals surface area (Å²) in [5.74, 6) is -1.03. The maximum Gasteiger partial charge on any atom is 0.335 e. The Hall–Kier alpha value is -2.21. The number of carbonyl (C=O) groups excluding carboxylic acids is 1. The molecule has 23 heavy (non-hydrogen) atoms. The molecular formula is C17H20N2O3S. The summed E-state index contributed by atoms with van der Waals surface area (Å²) < 4.78 is 0. The van der Waals surface area contributed by atoms with Gasteiger partial charge in [0.15, 0.2) is 0 Å². The minimum Gasteiger partial charge on any atom is -0.478 e. The molecule has 0 aliphatic rings. The van der Waals surface area contributed by atoms with Crippen LogP contribution >= 0.6 is 11.3 Å². The molecule has 2 aromatic rings. The van der Waals surface area contributed by atoms with Crippen LogP contribution in [0.25, 0.3) is 0 Å². The average molecular weight is 332 g/mol. The number of hydrogen-bond donors (Lipinski definition) is 1. The third-order valence-corrected chi connectivity index (χ3v) is 4.25. The number of hydrogen-bond acceptors (Lipinski definition) is 4. The number of rotatable bonds is 4. The number of nitrogens with zero attached hydrogens (tertiary/aromatic N) is 2. The van der Waals surface area contributed by atoms with E-state index in [1.807, 2.05) is 20.8 Å². The van der Waals surface area contributed by atoms with Gasteiger partial charge >= 0.3 is 5.97 Å². The van der Waals surface area contributed by atoms with Crippen molar-refractivity contribution in [2.75, 3.05) is 7.05 Å². The molecule has 0 unspecified atom stereocenters. The van der Waals surface area contributed by atoms with Gasteiger partial charge in [-0.3, -0.25) is 4.79 Å². The zero-order chi connectivity index (χ0) is 17.2. The lowest BCUT2D eigenvalue weighted by Crippen LogP contribution is -2.28. The van der Waals surface area contributed by atoms with Crippen LogP contribution in [0.15, 0.2) is 29.8 Å². The quantitative estimate of drug-likeness (QED) is 0.931. The van der Waals surface area contributed by atoms with E-state index in [2.05, 4.69) is 4.98 Å². The molecule has 0 spiro atoms. The first-order valence-electron chi connectivity index (χ1n) is 7.22. The minimum atomic E-state index is -0.958. The SMILES string of the molecule is CN(Cc1ccc(C(=O)O)cc1)C(=O)c1scnc1C(C)(C)C. The fraction of sp³-hybridized carbons (Fsp3) is 0.353. The second-order valence-electron chi connectivity index (χ2n) is 6.44. The molecule has 1 heterocycles. The van der Waals surface area contributed by atoms with E-state index in [0.717, 1.165) is 11.3 Å². The van der Waals surface area contributed by atoms with Crippen LogP contribution in [0.5, 0.6) is 0 Å². The van der Waals surface area contributed by atoms with E-state index in [4.69, 9.17) is 5.11 Å². The lowest BCUT2D eigenvalue weighted by molar-refractivity contribution is 0.0695. The van der Waals surface area contributed by atoms with Gasteiger partial charge in [-0.2, -0.15) is 0 Å². The summed E-state index contributed by atoms with van der Waals surface area (Å²) in [5, 5.41) is 8.91. The molecule has 0 aliphatic heterocycles. The number of aromatic nitrogens is 1. The smallest absolute Gasteiger partial charge is 0.335 e. The minimum absolute atomic E-state index is 0.0697. The van der Waals surface area contributed by atoms with Gasteiger partial charge in [-0.25, -0.2) is 9.78 Å². The number of thiazole rings is 1. The lowest BCUT2D eigenvalue weighted by atomic mass is 9.91. The highest BCUT2D eigenvalue weighted by Gasteiger charge is 2.26. The van der Waals surface area contributed by atoms with E-state index in [0.29, 0.717) is 11.4 Å². The monoisotopic (exact) mass is 332 g/mol. The Labute approximate surface area is 139 Å². The summed E-state index contributed by atoms with van der Waals surface area (Å²) in [7, 11) is 1.74. The largest absolute Gasteiger partial charge is 0.478 e. The molecule has 0 aliphatic carbocycles. The molecule has 0 radical (unpaired) electrons. The molecule has 0 atom stereocenters. The van der Waals surface area contributed by atoms with Gasteiger partial charge in [0, 0.05) is 19.0 Å². The standard InChI is InChI=1S/C17H20N2O3S/c1-17(2,3)14-13(23-10-18-14)15(20)19(4)9-11-5-7-12(8-6-11)16(21)22/h5-8,10H,9H2,1-4H3,(H,21,22). The predicted molar refractivity (Wildman–Crippen MR) is 90.0 cm³/mol. The van der Waals surface area contributed by atoms with E-state index in [-0.39, 0.29) is 16.9 Å². The predicted octanol–water partition coefficient (Wildman–Crippen LogP) is 3.41. The van der Waals surface area contributed by atoms with E-state index >= 15 is 0 Å². The van der Waals surface area contributed by atoms with Crippen LogP contribution in [0.4, 0.5) is 0 Å². The van der Waals surface area contributed by atoms with Gasteiger partial charge in [0.1, 0.15) is 4.88 Å². The fourth-order valence-corrected chi connectivity index (χ4v) is 3.19. The second kappa shape index (κ2) is 6.50. The normalized spacial score (nSPS) is 11.3. The molecule has 0 saturated heterocycles. The van der Waals surface area contributed by atoms with Crippen molar-refractivity contribution in [3.8, 4) is 0 Å². The van der Waals surface area contributed by atoms with Crippen LogP contribution in [0.1, 0.15) is 52.1 Å². The average Bonchev–Trinajstić information content (AvgIpc) is 2.96. The molecule has 1 amide bonds. The number of aromatic carboxylic acids is 1. The molecule has 1 aromatic heterocycles. The van der Waals surface area contributed by atoms with Gasteiger partial charge < -0.3 is 10.0 Å². The second-order valence-corrected chi connectivity index (χ2v) is 7.30. The van der Waals surface area contributed by atoms with Crippen molar-refractivity contribution >= 4 is 23.2 Å². The highest BCUT2D eigenvalue weighted by molar-refractivity contribution is 7.11. The molecular weight excluding hydrogens is 312 g/mol. The number of carboxylic acids is 1. The summed E-state index contributed by atoms with van der Waals surface area (Å²) in [5.41, 5.74) is 3.44. The number of carbonyl (C=O) groups is 2. The van der Waals surface area contributed by atoms with Gasteiger partial charge in [-0.15, -0.1) is 11.3 Å². The van der Waals surface area contributed by atoms with Crippen molar-refractivity contribution in [2.45, 2.75) is 32.7 Å². The summed E-state index contributed by atoms with van der Waals surface area (Å²) in [4.78, 5) is 30.1. The van der Waals surface area contributed by atoms with E-state index in [1.165, 1.54) is 11.3 Å². The molecule has 0 saturated carbocycles. The van der Waals surface area contributed by atoms with Gasteiger partial charge in [0.25, 0.3) is 5.91 Å². The van der Waals surface area contributed by atoms with Crippen LogP contribution in [0.2, 0.25) is 0 Å². The first-order valence-corrected chi connectivity index (χ1v) is 8.10. The molecule has 0 fully saturated rings. The van der Waals surface area contributed by atoms with Crippen molar-refractivity contribution in [3.63, 3.8) is 0 Å². The van der Waals surface area contributed by atoms with Crippen molar-refractivity contribution < 1.29 is 14.7 Å². The van der Waals surface area contributed by atoms with Gasteiger partial charge in [-0.1, -0.05) is 32.9 Å². The Kier molecular flexibility index (Phi) is 4.85. The zero-order valence-corrected chi connectivity index (χ0v) is 14.5. The van der Waals surface area contributed by atoms with Gasteiger partial charge in [0.05, 0.1) is 16.8 Å². The maximum atomic E-state index is 12.7. The van der Waals surface area contributed by atoms with Crippen molar-refractivity contribution in [1.82, 2.24) is 9.88 Å². The summed E-state index contributed by atoms with van der Waals surface area (Å²) in [6.45, 7) is 6.51. The summed E-state index contributed by atoms with van der Waals surface area (Å²) in [6, 6.07) is 6.54. The Morgan fingerprint density at radius 1 is 1.22 bits per heavy atom. The Bertz CT molecular complexity index is 714. The topological polar surface area (TPSA) is 70.5 Å². The maximum absolute atomic E-state index is 12.7. The Balaban J connectivity index is 2.14. The zero-order valence-electron chi connectivity index (χ0n) is 13.7. The third-order valence-electron chi connectivity index (χ3n) is 3.44. The first kappa shape index (κ1) is 17.1. The van der Waals surface area contributed by atoms with E-state index in [1.54, 1.807) is 41.7 Å². The van der Waals surface area contributed by atoms with E-state index < -0.39 is 5.97 Å². The first-order chi connectivity index (χ1) is 10.7. The lowest BCUT2D eigenvalue weighted by Gasteiger charge is -2.21. The highest BCUT2D eigenvalue weighted by Crippen LogP contribution is 2.28. The van der Waals surface area contributed by atoms with Crippen LogP contribution in [0.3, 0.4) is 0 Å². The number of amides is 1. The highest BCUT2D eigenvalue weighted by atomic mass is 32.1. The summed E-state index contributed by atoms with van der Waals surface area (Å²) >= 11 is 1.35. The summed E-state index contributed by atoms with van der Waals surface area (Å²) in [6.07, 6.45) is 0. The Morgan fingerprint density at radius 3 is 2.35 bits per heavy atom. The molecule has 0 bridgehead atoms. The third kappa shape index (κ3) is 3.96.